The van der Waals surface area contributed by atoms with Gasteiger partial charge < -0.3 is 11.3 Å². The molecular formula is C9H8FKO3. The van der Waals surface area contributed by atoms with E-state index in [1.54, 1.807) is 12.1 Å². The van der Waals surface area contributed by atoms with Crippen LogP contribution in [-0.2, 0) is 9.53 Å². The maximum atomic E-state index is 13.0. The molecule has 14 heavy (non-hydrogen) atoms. The quantitative estimate of drug-likeness (QED) is 0.488. The van der Waals surface area contributed by atoms with Gasteiger partial charge in [-0.05, 0) is 6.07 Å². The molecule has 5 heteroatoms. The van der Waals surface area contributed by atoms with Crippen LogP contribution >= 0.6 is 0 Å². The Labute approximate surface area is 124 Å². The van der Waals surface area contributed by atoms with Crippen LogP contribution in [0.15, 0.2) is 24.3 Å². The van der Waals surface area contributed by atoms with Crippen molar-refractivity contribution >= 4 is 5.97 Å². The molecule has 1 aliphatic rings. The molecule has 0 spiro atoms. The molecule has 0 aromatic heterocycles. The zero-order chi connectivity index (χ0) is 9.42. The van der Waals surface area contributed by atoms with E-state index >= 15 is 0 Å². The van der Waals surface area contributed by atoms with E-state index in [4.69, 9.17) is 9.84 Å². The molecule has 0 amide bonds. The van der Waals surface area contributed by atoms with E-state index in [1.165, 1.54) is 12.1 Å². The van der Waals surface area contributed by atoms with Crippen molar-refractivity contribution < 1.29 is 71.8 Å². The predicted octanol–water partition coefficient (Wildman–Crippen LogP) is -1.53. The van der Waals surface area contributed by atoms with Crippen molar-refractivity contribution in [2.24, 2.45) is 0 Å². The predicted molar refractivity (Wildman–Crippen MR) is 42.8 cm³/mol. The van der Waals surface area contributed by atoms with Gasteiger partial charge in [-0.25, -0.2) is 9.18 Å². The minimum atomic E-state index is -1.05. The zero-order valence-corrected chi connectivity index (χ0v) is 10.7. The Morgan fingerprint density at radius 2 is 2.14 bits per heavy atom. The van der Waals surface area contributed by atoms with E-state index < -0.39 is 24.0 Å². The smallest absolute Gasteiger partial charge is 1.00 e. The van der Waals surface area contributed by atoms with E-state index in [0.717, 1.165) is 0 Å². The molecule has 2 unspecified atom stereocenters. The van der Waals surface area contributed by atoms with Crippen molar-refractivity contribution in [2.75, 3.05) is 0 Å². The molecule has 1 aromatic rings. The fraction of sp³-hybridized carbons (Fsp3) is 0.222. The number of epoxide rings is 1. The van der Waals surface area contributed by atoms with Crippen LogP contribution in [-0.4, -0.2) is 17.2 Å². The fourth-order valence-corrected chi connectivity index (χ4v) is 1.24. The van der Waals surface area contributed by atoms with E-state index in [1.807, 2.05) is 0 Å². The number of rotatable bonds is 2. The summed E-state index contributed by atoms with van der Waals surface area (Å²) < 4.78 is 17.8. The number of carboxylic acids is 1. The summed E-state index contributed by atoms with van der Waals surface area (Å²) in [5.74, 6) is -1.47. The van der Waals surface area contributed by atoms with Crippen LogP contribution in [0.1, 0.15) is 13.1 Å². The first kappa shape index (κ1) is 12.3. The van der Waals surface area contributed by atoms with E-state index in [0.29, 0.717) is 5.56 Å². The third kappa shape index (κ3) is 2.42. The zero-order valence-electron chi connectivity index (χ0n) is 8.61. The van der Waals surface area contributed by atoms with Crippen LogP contribution in [0.3, 0.4) is 0 Å². The first-order valence-electron chi connectivity index (χ1n) is 3.83. The average Bonchev–Trinajstić information content (AvgIpc) is 2.84. The standard InChI is InChI=1S/C9H7FO3.K.H/c10-6-4-2-1-3-5(6)7-8(13-7)9(11)12;;/h1-4,7-8H,(H,11,12);;/q;+1;-1. The van der Waals surface area contributed by atoms with Gasteiger partial charge in [-0.2, -0.15) is 0 Å². The molecule has 2 atom stereocenters. The minimum absolute atomic E-state index is 0. The normalized spacial score (nSPS) is 23.8. The van der Waals surface area contributed by atoms with Crippen LogP contribution in [0.25, 0.3) is 0 Å². The van der Waals surface area contributed by atoms with Crippen molar-refractivity contribution in [1.29, 1.82) is 0 Å². The van der Waals surface area contributed by atoms with Gasteiger partial charge in [0, 0.05) is 5.56 Å². The molecule has 0 bridgehead atoms. The van der Waals surface area contributed by atoms with Crippen LogP contribution < -0.4 is 51.4 Å². The Morgan fingerprint density at radius 1 is 1.50 bits per heavy atom. The molecule has 1 N–H and O–H groups in total. The van der Waals surface area contributed by atoms with Gasteiger partial charge in [0.05, 0.1) is 0 Å². The number of hydrogen-bond acceptors (Lipinski definition) is 2. The van der Waals surface area contributed by atoms with Gasteiger partial charge in [-0.15, -0.1) is 0 Å². The van der Waals surface area contributed by atoms with E-state index in [9.17, 15) is 9.18 Å². The van der Waals surface area contributed by atoms with Gasteiger partial charge in [-0.1, -0.05) is 18.2 Å². The Balaban J connectivity index is 0.000000980. The minimum Gasteiger partial charge on any atom is -1.00 e. The number of ether oxygens (including phenoxy) is 1. The van der Waals surface area contributed by atoms with Gasteiger partial charge in [0.1, 0.15) is 11.9 Å². The molecule has 1 fully saturated rings. The van der Waals surface area contributed by atoms with E-state index in [-0.39, 0.29) is 52.8 Å². The van der Waals surface area contributed by atoms with Gasteiger partial charge in [0.2, 0.25) is 0 Å². The Kier molecular flexibility index (Phi) is 4.24. The second-order valence-corrected chi connectivity index (χ2v) is 2.84. The number of carbonyl (C=O) groups is 1. The third-order valence-electron chi connectivity index (χ3n) is 1.95. The summed E-state index contributed by atoms with van der Waals surface area (Å²) in [6.07, 6.45) is -1.49. The summed E-state index contributed by atoms with van der Waals surface area (Å²) in [6.45, 7) is 0. The Bertz CT molecular complexity index is 361. The number of hydrogen-bond donors (Lipinski definition) is 1. The number of halogens is 1. The monoisotopic (exact) mass is 222 g/mol. The van der Waals surface area contributed by atoms with Crippen molar-refractivity contribution in [2.45, 2.75) is 12.2 Å². The van der Waals surface area contributed by atoms with Crippen molar-refractivity contribution in [3.8, 4) is 0 Å². The average molecular weight is 222 g/mol. The second kappa shape index (κ2) is 4.83. The van der Waals surface area contributed by atoms with Crippen molar-refractivity contribution in [3.05, 3.63) is 35.6 Å². The molecule has 1 aromatic carbocycles. The molecule has 0 aliphatic carbocycles. The fourth-order valence-electron chi connectivity index (χ4n) is 1.24. The van der Waals surface area contributed by atoms with Crippen molar-refractivity contribution in [3.63, 3.8) is 0 Å². The Morgan fingerprint density at radius 3 is 2.64 bits per heavy atom. The summed E-state index contributed by atoms with van der Waals surface area (Å²) in [7, 11) is 0. The van der Waals surface area contributed by atoms with Gasteiger partial charge in [0.15, 0.2) is 6.10 Å². The molecule has 1 aliphatic heterocycles. The SMILES string of the molecule is O=C(O)C1OC1c1ccccc1F.[H-].[K+]. The molecular weight excluding hydrogens is 214 g/mol. The number of benzene rings is 1. The van der Waals surface area contributed by atoms with Crippen LogP contribution in [0.2, 0.25) is 0 Å². The first-order valence-corrected chi connectivity index (χ1v) is 3.83. The van der Waals surface area contributed by atoms with Crippen LogP contribution in [0.4, 0.5) is 4.39 Å². The number of aliphatic carboxylic acids is 1. The summed E-state index contributed by atoms with van der Waals surface area (Å²) in [6, 6.07) is 6.02. The van der Waals surface area contributed by atoms with Crippen molar-refractivity contribution in [1.82, 2.24) is 0 Å². The summed E-state index contributed by atoms with van der Waals surface area (Å²) in [4.78, 5) is 10.4. The van der Waals surface area contributed by atoms with Crippen LogP contribution in [0, 0.1) is 5.82 Å². The summed E-state index contributed by atoms with van der Waals surface area (Å²) in [5.41, 5.74) is 0.315. The maximum Gasteiger partial charge on any atom is 1.00 e. The summed E-state index contributed by atoms with van der Waals surface area (Å²) >= 11 is 0. The third-order valence-corrected chi connectivity index (χ3v) is 1.95. The Hall–Kier alpha value is 0.216. The van der Waals surface area contributed by atoms with E-state index in [2.05, 4.69) is 0 Å². The topological polar surface area (TPSA) is 49.8 Å². The summed E-state index contributed by atoms with van der Waals surface area (Å²) in [5, 5.41) is 8.53. The molecule has 0 radical (unpaired) electrons. The molecule has 0 saturated carbocycles. The second-order valence-electron chi connectivity index (χ2n) is 2.84. The van der Waals surface area contributed by atoms with Gasteiger partial charge in [0.25, 0.3) is 0 Å². The molecule has 2 rings (SSSR count). The number of carboxylic acid groups (broad SMARTS) is 1. The molecule has 70 valence electrons. The molecule has 1 saturated heterocycles. The van der Waals surface area contributed by atoms with Crippen LogP contribution in [0.5, 0.6) is 0 Å². The van der Waals surface area contributed by atoms with Gasteiger partial charge in [-0.3, -0.25) is 0 Å². The first-order chi connectivity index (χ1) is 6.20. The molecule has 1 heterocycles. The molecule has 3 nitrogen and oxygen atoms in total. The largest absolute Gasteiger partial charge is 1.00 e. The van der Waals surface area contributed by atoms with Gasteiger partial charge >= 0.3 is 57.4 Å². The maximum absolute atomic E-state index is 13.0.